The SMILES string of the molecule is C=C(C)N1CCC(c2cc3ccccc3c(-c3ccccc3C)n2)CC1.O=C([O-])C(=O)[O-]. The smallest absolute Gasteiger partial charge is 0.0870 e. The molecule has 0 amide bonds. The number of carboxylic acids is 2. The first-order valence-corrected chi connectivity index (χ1v) is 10.6. The van der Waals surface area contributed by atoms with Gasteiger partial charge in [0.25, 0.3) is 0 Å². The number of benzene rings is 2. The van der Waals surface area contributed by atoms with Crippen LogP contribution in [-0.4, -0.2) is 34.9 Å². The average Bonchev–Trinajstić information content (AvgIpc) is 2.79. The lowest BCUT2D eigenvalue weighted by molar-refractivity contribution is -0.345. The number of nitrogens with zero attached hydrogens (tertiary/aromatic N) is 2. The Hall–Kier alpha value is -3.67. The Kier molecular flexibility index (Phi) is 7.25. The minimum absolute atomic E-state index is 0.526. The number of hydrogen-bond donors (Lipinski definition) is 0. The van der Waals surface area contributed by atoms with Crippen molar-refractivity contribution < 1.29 is 19.8 Å². The molecular weight excluding hydrogens is 404 g/mol. The van der Waals surface area contributed by atoms with Crippen molar-refractivity contribution >= 4 is 22.7 Å². The zero-order valence-electron chi connectivity index (χ0n) is 18.3. The molecule has 2 heterocycles. The van der Waals surface area contributed by atoms with Crippen molar-refractivity contribution in [2.45, 2.75) is 32.6 Å². The van der Waals surface area contributed by atoms with E-state index in [0.29, 0.717) is 5.92 Å². The molecule has 32 heavy (non-hydrogen) atoms. The van der Waals surface area contributed by atoms with Gasteiger partial charge in [0.05, 0.1) is 17.6 Å². The number of piperidine rings is 1. The molecule has 1 aliphatic heterocycles. The number of carboxylic acid groups (broad SMARTS) is 2. The maximum Gasteiger partial charge on any atom is 0.0870 e. The predicted molar refractivity (Wildman–Crippen MR) is 120 cm³/mol. The van der Waals surface area contributed by atoms with Crippen molar-refractivity contribution in [3.8, 4) is 11.3 Å². The van der Waals surface area contributed by atoms with E-state index >= 15 is 0 Å². The maximum atomic E-state index is 8.93. The third-order valence-corrected chi connectivity index (χ3v) is 5.78. The molecular formula is C26H26N2O4-2. The number of carbonyl (C=O) groups excluding carboxylic acids is 2. The van der Waals surface area contributed by atoms with E-state index in [9.17, 15) is 0 Å². The van der Waals surface area contributed by atoms with Gasteiger partial charge in [-0.3, -0.25) is 4.98 Å². The Morgan fingerprint density at radius 1 is 1.00 bits per heavy atom. The normalized spacial score (nSPS) is 13.9. The van der Waals surface area contributed by atoms with Gasteiger partial charge in [-0.1, -0.05) is 55.1 Å². The van der Waals surface area contributed by atoms with Gasteiger partial charge in [-0.2, -0.15) is 0 Å². The lowest BCUT2D eigenvalue weighted by atomic mass is 9.90. The lowest BCUT2D eigenvalue weighted by Crippen LogP contribution is -2.42. The van der Waals surface area contributed by atoms with Gasteiger partial charge in [0.15, 0.2) is 0 Å². The molecule has 0 radical (unpaired) electrons. The number of fused-ring (bicyclic) bond motifs is 1. The molecule has 0 N–H and O–H groups in total. The molecule has 1 fully saturated rings. The van der Waals surface area contributed by atoms with Gasteiger partial charge in [0.2, 0.25) is 0 Å². The van der Waals surface area contributed by atoms with Gasteiger partial charge in [-0.15, -0.1) is 0 Å². The molecule has 1 aliphatic rings. The summed E-state index contributed by atoms with van der Waals surface area (Å²) in [7, 11) is 0. The number of aliphatic carboxylic acids is 2. The summed E-state index contributed by atoms with van der Waals surface area (Å²) in [6.07, 6.45) is 2.29. The molecule has 6 heteroatoms. The molecule has 0 spiro atoms. The molecule has 1 aromatic heterocycles. The molecule has 2 aromatic carbocycles. The summed E-state index contributed by atoms with van der Waals surface area (Å²) in [6.45, 7) is 10.5. The number of allylic oxidation sites excluding steroid dienone is 1. The Balaban J connectivity index is 0.000000427. The van der Waals surface area contributed by atoms with Gasteiger partial charge in [-0.25, -0.2) is 0 Å². The number of rotatable bonds is 3. The monoisotopic (exact) mass is 430 g/mol. The highest BCUT2D eigenvalue weighted by molar-refractivity contribution is 6.25. The molecule has 1 saturated heterocycles. The van der Waals surface area contributed by atoms with E-state index in [2.05, 4.69) is 79.9 Å². The lowest BCUT2D eigenvalue weighted by Gasteiger charge is -2.33. The van der Waals surface area contributed by atoms with E-state index in [1.54, 1.807) is 0 Å². The Morgan fingerprint density at radius 3 is 2.19 bits per heavy atom. The van der Waals surface area contributed by atoms with Crippen LogP contribution in [0.25, 0.3) is 22.0 Å². The Labute approximate surface area is 187 Å². The third-order valence-electron chi connectivity index (χ3n) is 5.78. The fourth-order valence-corrected chi connectivity index (χ4v) is 4.03. The zero-order chi connectivity index (χ0) is 23.3. The van der Waals surface area contributed by atoms with E-state index in [1.165, 1.54) is 33.3 Å². The molecule has 0 bridgehead atoms. The minimum Gasteiger partial charge on any atom is -0.543 e. The molecule has 0 aliphatic carbocycles. The zero-order valence-corrected chi connectivity index (χ0v) is 18.3. The molecule has 166 valence electrons. The molecule has 4 rings (SSSR count). The number of hydrogen-bond acceptors (Lipinski definition) is 6. The number of carbonyl (C=O) groups is 2. The highest BCUT2D eigenvalue weighted by Gasteiger charge is 2.22. The fourth-order valence-electron chi connectivity index (χ4n) is 4.03. The van der Waals surface area contributed by atoms with E-state index in [-0.39, 0.29) is 0 Å². The van der Waals surface area contributed by atoms with Gasteiger partial charge >= 0.3 is 0 Å². The second kappa shape index (κ2) is 10.1. The predicted octanol–water partition coefficient (Wildman–Crippen LogP) is 2.41. The van der Waals surface area contributed by atoms with Crippen LogP contribution in [0, 0.1) is 6.92 Å². The Bertz CT molecular complexity index is 1140. The standard InChI is InChI=1S/C24H26N2.C2H2O4/c1-17(2)26-14-12-19(13-15-26)23-16-20-9-5-7-11-22(20)24(25-23)21-10-6-4-8-18(21)3;3-1(4)2(5)6/h4-11,16,19H,1,12-15H2,2-3H3;(H,3,4)(H,5,6)/p-2. The van der Waals surface area contributed by atoms with Crippen molar-refractivity contribution in [3.63, 3.8) is 0 Å². The maximum absolute atomic E-state index is 8.93. The summed E-state index contributed by atoms with van der Waals surface area (Å²) in [6, 6.07) is 19.5. The second-order valence-corrected chi connectivity index (χ2v) is 8.00. The highest BCUT2D eigenvalue weighted by Crippen LogP contribution is 2.34. The van der Waals surface area contributed by atoms with Crippen LogP contribution < -0.4 is 10.2 Å². The Morgan fingerprint density at radius 2 is 1.59 bits per heavy atom. The first-order chi connectivity index (χ1) is 15.3. The van der Waals surface area contributed by atoms with Crippen molar-refractivity contribution in [2.24, 2.45) is 0 Å². The fraction of sp³-hybridized carbons (Fsp3) is 0.269. The number of likely N-dealkylation sites (tertiary alicyclic amines) is 1. The second-order valence-electron chi connectivity index (χ2n) is 8.00. The van der Waals surface area contributed by atoms with Crippen molar-refractivity contribution in [2.75, 3.05) is 13.1 Å². The van der Waals surface area contributed by atoms with Crippen LogP contribution in [-0.2, 0) is 9.59 Å². The van der Waals surface area contributed by atoms with Gasteiger partial charge in [0, 0.05) is 41.3 Å². The topological polar surface area (TPSA) is 96.4 Å². The molecule has 6 nitrogen and oxygen atoms in total. The summed E-state index contributed by atoms with van der Waals surface area (Å²) in [5.74, 6) is -3.84. The van der Waals surface area contributed by atoms with Crippen LogP contribution in [0.4, 0.5) is 0 Å². The number of aromatic nitrogens is 1. The number of pyridine rings is 1. The summed E-state index contributed by atoms with van der Waals surface area (Å²) < 4.78 is 0. The molecule has 0 atom stereocenters. The molecule has 0 unspecified atom stereocenters. The highest BCUT2D eigenvalue weighted by atomic mass is 16.4. The van der Waals surface area contributed by atoms with Crippen LogP contribution in [0.5, 0.6) is 0 Å². The third kappa shape index (κ3) is 5.32. The van der Waals surface area contributed by atoms with Crippen molar-refractivity contribution in [1.29, 1.82) is 0 Å². The van der Waals surface area contributed by atoms with Crippen molar-refractivity contribution in [1.82, 2.24) is 9.88 Å². The van der Waals surface area contributed by atoms with E-state index in [4.69, 9.17) is 24.8 Å². The first kappa shape index (κ1) is 23.0. The summed E-state index contributed by atoms with van der Waals surface area (Å²) in [5.41, 5.74) is 6.06. The molecule has 3 aromatic rings. The summed E-state index contributed by atoms with van der Waals surface area (Å²) in [5, 5.41) is 20.4. The van der Waals surface area contributed by atoms with Crippen LogP contribution in [0.15, 0.2) is 66.9 Å². The van der Waals surface area contributed by atoms with Gasteiger partial charge in [-0.05, 0) is 43.7 Å². The van der Waals surface area contributed by atoms with Gasteiger partial charge in [0.1, 0.15) is 0 Å². The van der Waals surface area contributed by atoms with Crippen LogP contribution in [0.3, 0.4) is 0 Å². The van der Waals surface area contributed by atoms with E-state index < -0.39 is 11.9 Å². The molecule has 0 saturated carbocycles. The quantitative estimate of drug-likeness (QED) is 0.592. The van der Waals surface area contributed by atoms with Crippen LogP contribution in [0.1, 0.15) is 36.9 Å². The number of aryl methyl sites for hydroxylation is 1. The van der Waals surface area contributed by atoms with E-state index in [1.807, 2.05) is 0 Å². The summed E-state index contributed by atoms with van der Waals surface area (Å²) in [4.78, 5) is 25.4. The average molecular weight is 431 g/mol. The first-order valence-electron chi connectivity index (χ1n) is 10.6. The van der Waals surface area contributed by atoms with Crippen LogP contribution >= 0.6 is 0 Å². The van der Waals surface area contributed by atoms with Crippen molar-refractivity contribution in [3.05, 3.63) is 78.1 Å². The van der Waals surface area contributed by atoms with E-state index in [0.717, 1.165) is 31.6 Å². The minimum atomic E-state index is -2.19. The largest absolute Gasteiger partial charge is 0.543 e. The van der Waals surface area contributed by atoms with Crippen LogP contribution in [0.2, 0.25) is 0 Å². The van der Waals surface area contributed by atoms with Gasteiger partial charge < -0.3 is 24.7 Å². The summed E-state index contributed by atoms with van der Waals surface area (Å²) >= 11 is 0.